The van der Waals surface area contributed by atoms with Crippen LogP contribution in [0, 0.1) is 6.92 Å². The topological polar surface area (TPSA) is 78.8 Å². The first-order valence-electron chi connectivity index (χ1n) is 10.1. The summed E-state index contributed by atoms with van der Waals surface area (Å²) >= 11 is 6.22. The number of halogens is 1. The van der Waals surface area contributed by atoms with Crippen LogP contribution in [0.1, 0.15) is 23.6 Å². The second-order valence-electron chi connectivity index (χ2n) is 7.15. The van der Waals surface area contributed by atoms with Gasteiger partial charge in [-0.05, 0) is 54.3 Å². The molecule has 0 spiro atoms. The van der Waals surface area contributed by atoms with E-state index in [2.05, 4.69) is 17.5 Å². The maximum Gasteiger partial charge on any atom is 0.264 e. The van der Waals surface area contributed by atoms with Gasteiger partial charge in [0.05, 0.1) is 16.8 Å². The third-order valence-electron chi connectivity index (χ3n) is 4.85. The highest BCUT2D eigenvalue weighted by Gasteiger charge is 2.27. The van der Waals surface area contributed by atoms with Gasteiger partial charge in [0.15, 0.2) is 0 Å². The molecule has 166 valence electrons. The van der Waals surface area contributed by atoms with Crippen molar-refractivity contribution in [2.24, 2.45) is 5.10 Å². The largest absolute Gasteiger partial charge is 0.271 e. The van der Waals surface area contributed by atoms with Crippen molar-refractivity contribution < 1.29 is 13.2 Å². The maximum absolute atomic E-state index is 13.3. The van der Waals surface area contributed by atoms with E-state index in [1.54, 1.807) is 30.3 Å². The van der Waals surface area contributed by atoms with Gasteiger partial charge in [0, 0.05) is 5.02 Å². The molecule has 0 bridgehead atoms. The van der Waals surface area contributed by atoms with Crippen LogP contribution in [-0.4, -0.2) is 27.1 Å². The van der Waals surface area contributed by atoms with Gasteiger partial charge in [0.1, 0.15) is 6.54 Å². The first-order valence-corrected chi connectivity index (χ1v) is 11.9. The summed E-state index contributed by atoms with van der Waals surface area (Å²) in [6.45, 7) is 3.43. The predicted octanol–water partition coefficient (Wildman–Crippen LogP) is 4.56. The molecular formula is C24H24ClN3O3S. The molecule has 0 unspecified atom stereocenters. The summed E-state index contributed by atoms with van der Waals surface area (Å²) in [5.74, 6) is -0.581. The van der Waals surface area contributed by atoms with Crippen molar-refractivity contribution in [3.05, 3.63) is 94.5 Å². The van der Waals surface area contributed by atoms with Crippen molar-refractivity contribution in [3.63, 3.8) is 0 Å². The van der Waals surface area contributed by atoms with E-state index >= 15 is 0 Å². The number of benzene rings is 3. The summed E-state index contributed by atoms with van der Waals surface area (Å²) in [4.78, 5) is 12.7. The van der Waals surface area contributed by atoms with Crippen molar-refractivity contribution in [1.82, 2.24) is 5.43 Å². The fourth-order valence-electron chi connectivity index (χ4n) is 2.96. The first-order chi connectivity index (χ1) is 15.3. The Labute approximate surface area is 193 Å². The zero-order valence-electron chi connectivity index (χ0n) is 17.8. The highest BCUT2D eigenvalue weighted by Crippen LogP contribution is 2.27. The van der Waals surface area contributed by atoms with Crippen LogP contribution in [0.25, 0.3) is 0 Å². The average molecular weight is 470 g/mol. The third kappa shape index (κ3) is 5.75. The number of nitrogens with zero attached hydrogens (tertiary/aromatic N) is 2. The minimum absolute atomic E-state index is 0.0732. The molecule has 6 nitrogen and oxygen atoms in total. The van der Waals surface area contributed by atoms with Crippen molar-refractivity contribution in [1.29, 1.82) is 0 Å². The Hall–Kier alpha value is -3.16. The third-order valence-corrected chi connectivity index (χ3v) is 7.05. The molecule has 32 heavy (non-hydrogen) atoms. The molecule has 3 rings (SSSR count). The van der Waals surface area contributed by atoms with E-state index in [-0.39, 0.29) is 4.90 Å². The van der Waals surface area contributed by atoms with Crippen LogP contribution in [0.5, 0.6) is 0 Å². The molecule has 0 aliphatic carbocycles. The normalized spacial score (nSPS) is 11.5. The van der Waals surface area contributed by atoms with E-state index in [9.17, 15) is 13.2 Å². The van der Waals surface area contributed by atoms with Crippen LogP contribution in [-0.2, 0) is 21.2 Å². The molecule has 8 heteroatoms. The van der Waals surface area contributed by atoms with E-state index in [0.717, 1.165) is 21.9 Å². The number of carbonyl (C=O) groups excluding carboxylic acids is 1. The molecule has 0 fully saturated rings. The molecule has 1 N–H and O–H groups in total. The molecule has 3 aromatic rings. The Bertz CT molecular complexity index is 1210. The molecule has 0 radical (unpaired) electrons. The van der Waals surface area contributed by atoms with E-state index in [0.29, 0.717) is 10.7 Å². The highest BCUT2D eigenvalue weighted by molar-refractivity contribution is 7.92. The number of amides is 1. The molecule has 3 aromatic carbocycles. The summed E-state index contributed by atoms with van der Waals surface area (Å²) < 4.78 is 27.6. The van der Waals surface area contributed by atoms with Gasteiger partial charge in [-0.25, -0.2) is 13.8 Å². The number of rotatable bonds is 8. The van der Waals surface area contributed by atoms with Crippen molar-refractivity contribution in [3.8, 4) is 0 Å². The number of hydrazone groups is 1. The van der Waals surface area contributed by atoms with Gasteiger partial charge in [0.25, 0.3) is 15.9 Å². The molecule has 0 aromatic heterocycles. The van der Waals surface area contributed by atoms with Gasteiger partial charge in [0.2, 0.25) is 0 Å². The molecular weight excluding hydrogens is 446 g/mol. The Morgan fingerprint density at radius 2 is 1.75 bits per heavy atom. The highest BCUT2D eigenvalue weighted by atomic mass is 35.5. The predicted molar refractivity (Wildman–Crippen MR) is 129 cm³/mol. The van der Waals surface area contributed by atoms with Crippen molar-refractivity contribution in [2.45, 2.75) is 25.2 Å². The zero-order chi connectivity index (χ0) is 23.1. The zero-order valence-corrected chi connectivity index (χ0v) is 19.4. The average Bonchev–Trinajstić information content (AvgIpc) is 2.80. The van der Waals surface area contributed by atoms with Crippen LogP contribution in [0.4, 0.5) is 5.69 Å². The van der Waals surface area contributed by atoms with Gasteiger partial charge in [-0.3, -0.25) is 9.10 Å². The molecule has 0 aliphatic rings. The van der Waals surface area contributed by atoms with Gasteiger partial charge in [-0.15, -0.1) is 0 Å². The first kappa shape index (κ1) is 23.5. The maximum atomic E-state index is 13.3. The summed E-state index contributed by atoms with van der Waals surface area (Å²) in [6, 6.07) is 20.6. The molecule has 0 atom stereocenters. The molecule has 1 amide bonds. The standard InChI is InChI=1S/C24H24ClN3O3S/c1-3-19-10-12-20(13-11-19)16-26-27-24(29)17-28(21-14-9-18(2)23(25)15-21)32(30,31)22-7-5-4-6-8-22/h4-16H,3,17H2,1-2H3,(H,27,29). The summed E-state index contributed by atoms with van der Waals surface area (Å²) in [5.41, 5.74) is 5.51. The molecule has 0 aliphatic heterocycles. The summed E-state index contributed by atoms with van der Waals surface area (Å²) in [6.07, 6.45) is 2.44. The number of anilines is 1. The number of carbonyl (C=O) groups is 1. The van der Waals surface area contributed by atoms with Crippen molar-refractivity contribution in [2.75, 3.05) is 10.8 Å². The van der Waals surface area contributed by atoms with Crippen LogP contribution < -0.4 is 9.73 Å². The Kier molecular flexibility index (Phi) is 7.66. The number of aryl methyl sites for hydroxylation is 2. The minimum atomic E-state index is -4.00. The summed E-state index contributed by atoms with van der Waals surface area (Å²) in [5, 5.41) is 4.37. The quantitative estimate of drug-likeness (QED) is 0.388. The van der Waals surface area contributed by atoms with Crippen LogP contribution in [0.2, 0.25) is 5.02 Å². The van der Waals surface area contributed by atoms with Crippen molar-refractivity contribution >= 4 is 39.4 Å². The van der Waals surface area contributed by atoms with Gasteiger partial charge >= 0.3 is 0 Å². The van der Waals surface area contributed by atoms with Gasteiger partial charge in [-0.1, -0.05) is 67.1 Å². The Morgan fingerprint density at radius 3 is 2.38 bits per heavy atom. The van der Waals surface area contributed by atoms with E-state index in [4.69, 9.17) is 11.6 Å². The molecule has 0 heterocycles. The fourth-order valence-corrected chi connectivity index (χ4v) is 4.56. The van der Waals surface area contributed by atoms with E-state index in [1.165, 1.54) is 30.0 Å². The van der Waals surface area contributed by atoms with Crippen LogP contribution in [0.3, 0.4) is 0 Å². The molecule has 0 saturated heterocycles. The van der Waals surface area contributed by atoms with E-state index < -0.39 is 22.5 Å². The van der Waals surface area contributed by atoms with E-state index in [1.807, 2.05) is 31.2 Å². The second-order valence-corrected chi connectivity index (χ2v) is 9.42. The lowest BCUT2D eigenvalue weighted by Gasteiger charge is -2.24. The lowest BCUT2D eigenvalue weighted by molar-refractivity contribution is -0.119. The number of nitrogens with one attached hydrogen (secondary N) is 1. The molecule has 0 saturated carbocycles. The van der Waals surface area contributed by atoms with Gasteiger partial charge < -0.3 is 0 Å². The number of sulfonamides is 1. The Morgan fingerprint density at radius 1 is 1.06 bits per heavy atom. The minimum Gasteiger partial charge on any atom is -0.271 e. The Balaban J connectivity index is 1.82. The fraction of sp³-hybridized carbons (Fsp3) is 0.167. The van der Waals surface area contributed by atoms with Crippen LogP contribution in [0.15, 0.2) is 82.8 Å². The second kappa shape index (κ2) is 10.4. The monoisotopic (exact) mass is 469 g/mol. The smallest absolute Gasteiger partial charge is 0.264 e. The lowest BCUT2D eigenvalue weighted by atomic mass is 10.1. The SMILES string of the molecule is CCc1ccc(C=NNC(=O)CN(c2ccc(C)c(Cl)c2)S(=O)(=O)c2ccccc2)cc1. The van der Waals surface area contributed by atoms with Gasteiger partial charge in [-0.2, -0.15) is 5.10 Å². The summed E-state index contributed by atoms with van der Waals surface area (Å²) in [7, 11) is -4.00. The van der Waals surface area contributed by atoms with Crippen LogP contribution >= 0.6 is 11.6 Å². The lowest BCUT2D eigenvalue weighted by Crippen LogP contribution is -2.39. The number of hydrogen-bond donors (Lipinski definition) is 1. The number of hydrogen-bond acceptors (Lipinski definition) is 4.